The number of ether oxygens (including phenoxy) is 1. The molecule has 0 fully saturated rings. The second-order valence-corrected chi connectivity index (χ2v) is 19.1. The summed E-state index contributed by atoms with van der Waals surface area (Å²) in [5.74, 6) is 1.99. The molecule has 8 aromatic carbocycles. The second-order valence-electron chi connectivity index (χ2n) is 19.1. The molecule has 0 saturated carbocycles. The molecule has 0 bridgehead atoms. The summed E-state index contributed by atoms with van der Waals surface area (Å²) < 4.78 is 12.4. The zero-order valence-electron chi connectivity index (χ0n) is 38.4. The first kappa shape index (κ1) is 39.3. The van der Waals surface area contributed by atoms with Crippen LogP contribution in [0.1, 0.15) is 52.9 Å². The van der Waals surface area contributed by atoms with Crippen molar-refractivity contribution in [3.8, 4) is 50.6 Å². The van der Waals surface area contributed by atoms with Gasteiger partial charge in [0, 0.05) is 67.4 Å². The van der Waals surface area contributed by atoms with E-state index < -0.39 is 5.41 Å². The van der Waals surface area contributed by atoms with E-state index in [2.05, 4.69) is 234 Å². The highest BCUT2D eigenvalue weighted by Crippen LogP contribution is 2.61. The molecule has 15 rings (SSSR count). The lowest BCUT2D eigenvalue weighted by Crippen LogP contribution is -2.40. The molecule has 5 heterocycles. The van der Waals surface area contributed by atoms with Crippen LogP contribution in [0.3, 0.4) is 0 Å². The van der Waals surface area contributed by atoms with Crippen LogP contribution in [0.15, 0.2) is 236 Å². The Bertz CT molecular complexity index is 4020. The summed E-state index contributed by atoms with van der Waals surface area (Å²) in [4.78, 5) is 5.52. The highest BCUT2D eigenvalue weighted by atomic mass is 16.5. The Morgan fingerprint density at radius 2 is 1.19 bits per heavy atom. The molecule has 1 spiro atoms. The molecule has 0 saturated heterocycles. The Kier molecular flexibility index (Phi) is 8.49. The number of hydrogen-bond acceptors (Lipinski definition) is 2. The maximum absolute atomic E-state index is 7.40. The highest BCUT2D eigenvalue weighted by molar-refractivity contribution is 6.12. The molecular formula is C66H45N3O. The van der Waals surface area contributed by atoms with E-state index in [9.17, 15) is 0 Å². The summed E-state index contributed by atoms with van der Waals surface area (Å²) in [6, 6.07) is 75.6. The Hall–Kier alpha value is -8.73. The van der Waals surface area contributed by atoms with E-state index in [1.807, 2.05) is 0 Å². The minimum absolute atomic E-state index is 0.613. The molecule has 0 amide bonds. The van der Waals surface area contributed by atoms with Crippen molar-refractivity contribution < 1.29 is 4.74 Å². The highest BCUT2D eigenvalue weighted by Gasteiger charge is 2.51. The number of hydrogen-bond donors (Lipinski definition) is 0. The van der Waals surface area contributed by atoms with Crippen molar-refractivity contribution in [1.82, 2.24) is 14.1 Å². The number of allylic oxidation sites excluding steroid dienone is 5. The van der Waals surface area contributed by atoms with E-state index in [0.29, 0.717) is 0 Å². The Morgan fingerprint density at radius 3 is 2.06 bits per heavy atom. The quantitative estimate of drug-likeness (QED) is 0.172. The van der Waals surface area contributed by atoms with Gasteiger partial charge in [0.15, 0.2) is 0 Å². The lowest BCUT2D eigenvalue weighted by atomic mass is 9.60. The van der Waals surface area contributed by atoms with Gasteiger partial charge in [0.1, 0.15) is 11.5 Å². The smallest absolute Gasteiger partial charge is 0.139 e. The van der Waals surface area contributed by atoms with Gasteiger partial charge in [-0.3, -0.25) is 0 Å². The molecule has 4 nitrogen and oxygen atoms in total. The van der Waals surface area contributed by atoms with Crippen LogP contribution in [0.4, 0.5) is 0 Å². The van der Waals surface area contributed by atoms with E-state index in [-0.39, 0.29) is 0 Å². The number of aromatic nitrogens is 3. The third-order valence-electron chi connectivity index (χ3n) is 15.5. The van der Waals surface area contributed by atoms with Gasteiger partial charge in [-0.25, -0.2) is 4.98 Å². The zero-order chi connectivity index (χ0) is 45.9. The molecule has 4 heteroatoms. The molecule has 0 radical (unpaired) electrons. The number of benzene rings is 8. The molecular weight excluding hydrogens is 851 g/mol. The van der Waals surface area contributed by atoms with Crippen molar-refractivity contribution in [3.05, 3.63) is 269 Å². The predicted molar refractivity (Wildman–Crippen MR) is 286 cm³/mol. The minimum atomic E-state index is -0.613. The van der Waals surface area contributed by atoms with Gasteiger partial charge in [-0.2, -0.15) is 0 Å². The van der Waals surface area contributed by atoms with Crippen LogP contribution >= 0.6 is 0 Å². The van der Waals surface area contributed by atoms with Crippen molar-refractivity contribution in [2.45, 2.75) is 31.1 Å². The summed E-state index contributed by atoms with van der Waals surface area (Å²) in [5.41, 5.74) is 21.7. The molecule has 2 aliphatic heterocycles. The summed E-state index contributed by atoms with van der Waals surface area (Å²) in [7, 11) is 0. The lowest BCUT2D eigenvalue weighted by molar-refractivity contribution is 0.364. The van der Waals surface area contributed by atoms with Gasteiger partial charge >= 0.3 is 0 Å². The second kappa shape index (κ2) is 15.1. The Labute approximate surface area is 406 Å². The van der Waals surface area contributed by atoms with Gasteiger partial charge in [-0.1, -0.05) is 176 Å². The van der Waals surface area contributed by atoms with E-state index >= 15 is 0 Å². The molecule has 0 N–H and O–H groups in total. The van der Waals surface area contributed by atoms with E-state index in [4.69, 9.17) is 9.72 Å². The fourth-order valence-electron chi connectivity index (χ4n) is 12.6. The van der Waals surface area contributed by atoms with Crippen LogP contribution in [0, 0.1) is 0 Å². The lowest BCUT2D eigenvalue weighted by Gasteiger charge is -2.46. The number of fused-ring (bicyclic) bond motifs is 13. The molecule has 1 unspecified atom stereocenters. The third-order valence-corrected chi connectivity index (χ3v) is 15.5. The standard InChI is InChI=1S/C66H45N3O/c1-4-19-42(20-5-1)45-40-56(43-21-6-2-7-22-43)67-57(41-45)50-28-18-35-61-63(50)51-39-44(37-38-59(51)68(61)46-23-8-3-9-24-46)47-26-16-32-55-65(47)70-62-36-15-12-30-53(62)66(55)52-29-11-14-34-60(52)69-58-33-13-10-25-48(58)49-27-17-31-54(66)64(49)69/h1-14,16-17,19-34,37-41H,15,18,35-36H2. The Morgan fingerprint density at radius 1 is 0.486 bits per heavy atom. The molecule has 4 aliphatic rings. The van der Waals surface area contributed by atoms with E-state index in [1.165, 1.54) is 83.1 Å². The summed E-state index contributed by atoms with van der Waals surface area (Å²) in [6.45, 7) is 0. The number of rotatable bonds is 5. The van der Waals surface area contributed by atoms with Crippen LogP contribution in [0.25, 0.3) is 83.2 Å². The van der Waals surface area contributed by atoms with Crippen LogP contribution in [0.5, 0.6) is 5.75 Å². The van der Waals surface area contributed by atoms with Crippen molar-refractivity contribution in [2.24, 2.45) is 0 Å². The van der Waals surface area contributed by atoms with Crippen molar-refractivity contribution in [1.29, 1.82) is 0 Å². The first-order valence-corrected chi connectivity index (χ1v) is 24.6. The molecule has 11 aromatic rings. The average Bonchev–Trinajstić information content (AvgIpc) is 3.96. The monoisotopic (exact) mass is 895 g/mol. The molecule has 1 atom stereocenters. The van der Waals surface area contributed by atoms with Crippen LogP contribution < -0.4 is 4.74 Å². The van der Waals surface area contributed by atoms with Crippen LogP contribution in [-0.4, -0.2) is 14.1 Å². The van der Waals surface area contributed by atoms with Gasteiger partial charge in [0.05, 0.1) is 39.0 Å². The van der Waals surface area contributed by atoms with Gasteiger partial charge in [-0.05, 0) is 95.6 Å². The maximum atomic E-state index is 7.40. The SMILES string of the molecule is C1=CC2=C(CC1)Oc1c(-c3ccc4c(c3)c3c(n4-c4ccccc4)CCC=C3c3cc(-c4ccccc4)cc(-c4ccccc4)n3)cccc1C21c2ccccc2-n2c3ccccc3c3cccc1c32. The first-order valence-electron chi connectivity index (χ1n) is 24.6. The van der Waals surface area contributed by atoms with E-state index in [0.717, 1.165) is 76.5 Å². The largest absolute Gasteiger partial charge is 0.460 e. The minimum Gasteiger partial charge on any atom is -0.460 e. The normalized spacial score (nSPS) is 16.5. The summed E-state index contributed by atoms with van der Waals surface area (Å²) in [5, 5.41) is 3.75. The van der Waals surface area contributed by atoms with Crippen molar-refractivity contribution in [3.63, 3.8) is 0 Å². The number of para-hydroxylation sites is 5. The molecule has 330 valence electrons. The fraction of sp³-hybridized carbons (Fsp3) is 0.0758. The van der Waals surface area contributed by atoms with Crippen LogP contribution in [0.2, 0.25) is 0 Å². The molecule has 2 aliphatic carbocycles. The summed E-state index contributed by atoms with van der Waals surface area (Å²) in [6.07, 6.45) is 10.7. The Balaban J connectivity index is 0.983. The van der Waals surface area contributed by atoms with Crippen molar-refractivity contribution in [2.75, 3.05) is 0 Å². The summed E-state index contributed by atoms with van der Waals surface area (Å²) >= 11 is 0. The molecule has 70 heavy (non-hydrogen) atoms. The molecule has 3 aromatic heterocycles. The average molecular weight is 896 g/mol. The fourth-order valence-corrected chi connectivity index (χ4v) is 12.6. The van der Waals surface area contributed by atoms with Crippen molar-refractivity contribution >= 4 is 38.3 Å². The third kappa shape index (κ3) is 5.50. The number of nitrogens with zero attached hydrogens (tertiary/aromatic N) is 3. The van der Waals surface area contributed by atoms with Gasteiger partial charge in [0.2, 0.25) is 0 Å². The van der Waals surface area contributed by atoms with Gasteiger partial charge < -0.3 is 13.9 Å². The predicted octanol–water partition coefficient (Wildman–Crippen LogP) is 16.1. The number of pyridine rings is 1. The van der Waals surface area contributed by atoms with Gasteiger partial charge in [-0.15, -0.1) is 0 Å². The topological polar surface area (TPSA) is 32.0 Å². The zero-order valence-corrected chi connectivity index (χ0v) is 38.4. The van der Waals surface area contributed by atoms with E-state index in [1.54, 1.807) is 0 Å². The first-order chi connectivity index (χ1) is 34.7. The van der Waals surface area contributed by atoms with Crippen LogP contribution in [-0.2, 0) is 11.8 Å². The van der Waals surface area contributed by atoms with Gasteiger partial charge in [0.25, 0.3) is 0 Å². The maximum Gasteiger partial charge on any atom is 0.139 e.